The molecule has 1 aromatic carbocycles. The summed E-state index contributed by atoms with van der Waals surface area (Å²) in [4.78, 5) is 2.12. The second kappa shape index (κ2) is 4.42. The van der Waals surface area contributed by atoms with E-state index in [2.05, 4.69) is 11.8 Å². The van der Waals surface area contributed by atoms with E-state index >= 15 is 0 Å². The average molecular weight is 222 g/mol. The molecule has 1 heterocycles. The van der Waals surface area contributed by atoms with Gasteiger partial charge in [-0.2, -0.15) is 0 Å². The third-order valence-electron chi connectivity index (χ3n) is 3.25. The number of para-hydroxylation sites is 1. The fourth-order valence-corrected chi connectivity index (χ4v) is 2.37. The fourth-order valence-electron chi connectivity index (χ4n) is 2.37. The third-order valence-corrected chi connectivity index (χ3v) is 3.25. The minimum Gasteiger partial charge on any atom is -0.369 e. The van der Waals surface area contributed by atoms with Gasteiger partial charge >= 0.3 is 0 Å². The van der Waals surface area contributed by atoms with Crippen LogP contribution in [0.2, 0.25) is 0 Å². The zero-order valence-corrected chi connectivity index (χ0v) is 9.91. The number of hydrogen-bond acceptors (Lipinski definition) is 2. The van der Waals surface area contributed by atoms with Crippen LogP contribution in [0.1, 0.15) is 31.9 Å². The molecule has 2 N–H and O–H groups in total. The van der Waals surface area contributed by atoms with Crippen molar-refractivity contribution in [2.75, 3.05) is 18.0 Å². The van der Waals surface area contributed by atoms with Gasteiger partial charge in [0.05, 0.1) is 5.69 Å². The van der Waals surface area contributed by atoms with E-state index in [4.69, 9.17) is 5.73 Å². The molecule has 0 saturated carbocycles. The highest BCUT2D eigenvalue weighted by atomic mass is 19.1. The molecule has 2 nitrogen and oxygen atoms in total. The SMILES string of the molecule is CC1CCN(c2c(F)cccc2C(C)N)C1. The summed E-state index contributed by atoms with van der Waals surface area (Å²) in [5, 5.41) is 0. The van der Waals surface area contributed by atoms with Gasteiger partial charge in [0.15, 0.2) is 0 Å². The number of nitrogens with zero attached hydrogens (tertiary/aromatic N) is 1. The lowest BCUT2D eigenvalue weighted by Gasteiger charge is -2.24. The highest BCUT2D eigenvalue weighted by molar-refractivity contribution is 5.56. The molecule has 1 aliphatic rings. The number of anilines is 1. The van der Waals surface area contributed by atoms with E-state index in [1.54, 1.807) is 6.07 Å². The van der Waals surface area contributed by atoms with Crippen LogP contribution in [0, 0.1) is 11.7 Å². The van der Waals surface area contributed by atoms with Crippen LogP contribution in [0.4, 0.5) is 10.1 Å². The van der Waals surface area contributed by atoms with E-state index in [0.29, 0.717) is 11.6 Å². The number of benzene rings is 1. The van der Waals surface area contributed by atoms with Gasteiger partial charge in [0.2, 0.25) is 0 Å². The van der Waals surface area contributed by atoms with E-state index in [-0.39, 0.29) is 11.9 Å². The van der Waals surface area contributed by atoms with Crippen molar-refractivity contribution in [3.8, 4) is 0 Å². The molecule has 0 spiro atoms. The molecule has 2 unspecified atom stereocenters. The largest absolute Gasteiger partial charge is 0.369 e. The van der Waals surface area contributed by atoms with Gasteiger partial charge in [-0.1, -0.05) is 19.1 Å². The Balaban J connectivity index is 2.38. The summed E-state index contributed by atoms with van der Waals surface area (Å²) in [5.41, 5.74) is 7.51. The number of rotatable bonds is 2. The minimum atomic E-state index is -0.149. The Morgan fingerprint density at radius 2 is 2.25 bits per heavy atom. The molecule has 1 fully saturated rings. The van der Waals surface area contributed by atoms with Crippen LogP contribution in [0.15, 0.2) is 18.2 Å². The Morgan fingerprint density at radius 3 is 2.81 bits per heavy atom. The van der Waals surface area contributed by atoms with Crippen LogP contribution in [-0.4, -0.2) is 13.1 Å². The molecule has 1 saturated heterocycles. The van der Waals surface area contributed by atoms with Gasteiger partial charge in [0, 0.05) is 19.1 Å². The second-order valence-electron chi connectivity index (χ2n) is 4.81. The standard InChI is InChI=1S/C13H19FN2/c1-9-6-7-16(8-9)13-11(10(2)15)4-3-5-12(13)14/h3-5,9-10H,6-8,15H2,1-2H3. The van der Waals surface area contributed by atoms with Crippen molar-refractivity contribution in [3.05, 3.63) is 29.6 Å². The molecule has 0 aliphatic carbocycles. The fraction of sp³-hybridized carbons (Fsp3) is 0.538. The van der Waals surface area contributed by atoms with Crippen molar-refractivity contribution in [2.45, 2.75) is 26.3 Å². The van der Waals surface area contributed by atoms with Gasteiger partial charge < -0.3 is 10.6 Å². The Kier molecular flexibility index (Phi) is 3.15. The second-order valence-corrected chi connectivity index (χ2v) is 4.81. The maximum absolute atomic E-state index is 13.9. The summed E-state index contributed by atoms with van der Waals surface area (Å²) in [7, 11) is 0. The summed E-state index contributed by atoms with van der Waals surface area (Å²) in [5.74, 6) is 0.490. The first-order valence-electron chi connectivity index (χ1n) is 5.88. The molecule has 3 heteroatoms. The Bertz CT molecular complexity index is 376. The van der Waals surface area contributed by atoms with E-state index in [9.17, 15) is 4.39 Å². The van der Waals surface area contributed by atoms with Crippen molar-refractivity contribution in [3.63, 3.8) is 0 Å². The first kappa shape index (κ1) is 11.4. The van der Waals surface area contributed by atoms with E-state index in [1.807, 2.05) is 13.0 Å². The topological polar surface area (TPSA) is 29.3 Å². The average Bonchev–Trinajstić information content (AvgIpc) is 2.64. The third kappa shape index (κ3) is 2.05. The molecular weight excluding hydrogens is 203 g/mol. The zero-order valence-electron chi connectivity index (χ0n) is 9.91. The van der Waals surface area contributed by atoms with E-state index < -0.39 is 0 Å². The molecular formula is C13H19FN2. The molecule has 0 amide bonds. The van der Waals surface area contributed by atoms with E-state index in [0.717, 1.165) is 25.1 Å². The van der Waals surface area contributed by atoms with Gasteiger partial charge in [0.25, 0.3) is 0 Å². The van der Waals surface area contributed by atoms with Crippen molar-refractivity contribution < 1.29 is 4.39 Å². The lowest BCUT2D eigenvalue weighted by molar-refractivity contribution is 0.613. The van der Waals surface area contributed by atoms with Gasteiger partial charge in [0.1, 0.15) is 5.82 Å². The van der Waals surface area contributed by atoms with Crippen LogP contribution in [-0.2, 0) is 0 Å². The van der Waals surface area contributed by atoms with Gasteiger partial charge in [-0.3, -0.25) is 0 Å². The molecule has 0 aromatic heterocycles. The first-order chi connectivity index (χ1) is 7.59. The maximum Gasteiger partial charge on any atom is 0.146 e. The highest BCUT2D eigenvalue weighted by Gasteiger charge is 2.24. The Morgan fingerprint density at radius 1 is 1.50 bits per heavy atom. The zero-order chi connectivity index (χ0) is 11.7. The molecule has 2 atom stereocenters. The number of halogens is 1. The van der Waals surface area contributed by atoms with Crippen molar-refractivity contribution in [2.24, 2.45) is 11.7 Å². The van der Waals surface area contributed by atoms with Crippen molar-refractivity contribution in [1.82, 2.24) is 0 Å². The summed E-state index contributed by atoms with van der Waals surface area (Å²) >= 11 is 0. The molecule has 16 heavy (non-hydrogen) atoms. The first-order valence-corrected chi connectivity index (χ1v) is 5.88. The van der Waals surface area contributed by atoms with Gasteiger partial charge in [-0.05, 0) is 30.9 Å². The van der Waals surface area contributed by atoms with Crippen molar-refractivity contribution >= 4 is 5.69 Å². The number of nitrogens with two attached hydrogens (primary N) is 1. The summed E-state index contributed by atoms with van der Waals surface area (Å²) in [6, 6.07) is 5.05. The quantitative estimate of drug-likeness (QED) is 0.833. The number of hydrogen-bond donors (Lipinski definition) is 1. The van der Waals surface area contributed by atoms with E-state index in [1.165, 1.54) is 6.07 Å². The van der Waals surface area contributed by atoms with Crippen LogP contribution < -0.4 is 10.6 Å². The summed E-state index contributed by atoms with van der Waals surface area (Å²) in [6.45, 7) is 5.96. The highest BCUT2D eigenvalue weighted by Crippen LogP contribution is 2.32. The van der Waals surface area contributed by atoms with Crippen LogP contribution >= 0.6 is 0 Å². The van der Waals surface area contributed by atoms with Gasteiger partial charge in [-0.15, -0.1) is 0 Å². The predicted octanol–water partition coefficient (Wildman–Crippen LogP) is 2.69. The van der Waals surface area contributed by atoms with Crippen LogP contribution in [0.5, 0.6) is 0 Å². The van der Waals surface area contributed by atoms with Gasteiger partial charge in [-0.25, -0.2) is 4.39 Å². The Hall–Kier alpha value is -1.09. The van der Waals surface area contributed by atoms with Crippen molar-refractivity contribution in [1.29, 1.82) is 0 Å². The molecule has 0 radical (unpaired) electrons. The smallest absolute Gasteiger partial charge is 0.146 e. The minimum absolute atomic E-state index is 0.124. The Labute approximate surface area is 96.2 Å². The molecule has 1 aliphatic heterocycles. The normalized spacial score (nSPS) is 22.5. The summed E-state index contributed by atoms with van der Waals surface area (Å²) in [6.07, 6.45) is 1.13. The van der Waals surface area contributed by atoms with Crippen LogP contribution in [0.25, 0.3) is 0 Å². The lowest BCUT2D eigenvalue weighted by Crippen LogP contribution is -2.23. The molecule has 0 bridgehead atoms. The molecule has 2 rings (SSSR count). The summed E-state index contributed by atoms with van der Waals surface area (Å²) < 4.78 is 13.9. The lowest BCUT2D eigenvalue weighted by atomic mass is 10.1. The molecule has 1 aromatic rings. The monoisotopic (exact) mass is 222 g/mol. The van der Waals surface area contributed by atoms with Crippen LogP contribution in [0.3, 0.4) is 0 Å². The maximum atomic E-state index is 13.9. The molecule has 88 valence electrons. The predicted molar refractivity (Wildman–Crippen MR) is 65.0 cm³/mol.